The highest BCUT2D eigenvalue weighted by molar-refractivity contribution is 6.17. The number of nitrogens with one attached hydrogen (secondary N) is 1. The lowest BCUT2D eigenvalue weighted by Crippen LogP contribution is -2.39. The second-order valence-corrected chi connectivity index (χ2v) is 8.93. The number of halogens is 1. The molecule has 152 valence electrons. The van der Waals surface area contributed by atoms with Gasteiger partial charge >= 0.3 is 0 Å². The molecule has 0 amide bonds. The number of rotatable bonds is 20. The van der Waals surface area contributed by atoms with Gasteiger partial charge in [0.2, 0.25) is 0 Å². The van der Waals surface area contributed by atoms with Gasteiger partial charge in [0.05, 0.1) is 0 Å². The van der Waals surface area contributed by atoms with E-state index in [9.17, 15) is 0 Å². The molecule has 1 N–H and O–H groups in total. The summed E-state index contributed by atoms with van der Waals surface area (Å²) in [7, 11) is 0. The standard InChI is InChI=1S/C23H48ClN/c1-4-5-6-7-8-9-10-11-12-13-14-15-16-17-18-20-23(2,3)25-22-19-21-24/h25H,4-22H2,1-3H3. The van der Waals surface area contributed by atoms with Gasteiger partial charge in [-0.3, -0.25) is 0 Å². The molecule has 1 nitrogen and oxygen atoms in total. The van der Waals surface area contributed by atoms with Crippen molar-refractivity contribution in [1.82, 2.24) is 5.32 Å². The first-order valence-corrected chi connectivity index (χ1v) is 12.0. The summed E-state index contributed by atoms with van der Waals surface area (Å²) in [6, 6.07) is 0. The summed E-state index contributed by atoms with van der Waals surface area (Å²) >= 11 is 5.74. The highest BCUT2D eigenvalue weighted by Crippen LogP contribution is 2.17. The van der Waals surface area contributed by atoms with Gasteiger partial charge in [0.15, 0.2) is 0 Å². The van der Waals surface area contributed by atoms with Crippen molar-refractivity contribution in [2.24, 2.45) is 0 Å². The van der Waals surface area contributed by atoms with Crippen molar-refractivity contribution in [3.05, 3.63) is 0 Å². The molecule has 0 atom stereocenters. The third-order valence-electron chi connectivity index (χ3n) is 5.32. The van der Waals surface area contributed by atoms with Crippen LogP contribution in [0, 0.1) is 0 Å². The van der Waals surface area contributed by atoms with Crippen LogP contribution in [-0.2, 0) is 0 Å². The van der Waals surface area contributed by atoms with Crippen LogP contribution >= 0.6 is 11.6 Å². The minimum Gasteiger partial charge on any atom is -0.312 e. The smallest absolute Gasteiger partial charge is 0.0235 e. The molecular formula is C23H48ClN. The van der Waals surface area contributed by atoms with Crippen LogP contribution in [0.3, 0.4) is 0 Å². The zero-order valence-electron chi connectivity index (χ0n) is 17.8. The minimum absolute atomic E-state index is 0.280. The van der Waals surface area contributed by atoms with E-state index in [-0.39, 0.29) is 5.54 Å². The average Bonchev–Trinajstić information content (AvgIpc) is 2.58. The van der Waals surface area contributed by atoms with E-state index in [1.807, 2.05) is 0 Å². The molecule has 25 heavy (non-hydrogen) atoms. The SMILES string of the molecule is CCCCCCCCCCCCCCCCCC(C)(C)NCCCCl. The first kappa shape index (κ1) is 25.2. The monoisotopic (exact) mass is 373 g/mol. The van der Waals surface area contributed by atoms with Crippen molar-refractivity contribution >= 4 is 11.6 Å². The molecule has 0 saturated heterocycles. The molecule has 0 unspecified atom stereocenters. The summed E-state index contributed by atoms with van der Waals surface area (Å²) in [5.74, 6) is 0.766. The molecule has 2 heteroatoms. The molecule has 0 aromatic carbocycles. The van der Waals surface area contributed by atoms with Gasteiger partial charge < -0.3 is 5.32 Å². The van der Waals surface area contributed by atoms with E-state index < -0.39 is 0 Å². The molecule has 0 rings (SSSR count). The Labute approximate surface area is 165 Å². The Kier molecular flexibility index (Phi) is 19.2. The maximum atomic E-state index is 5.74. The second-order valence-electron chi connectivity index (χ2n) is 8.55. The Morgan fingerprint density at radius 3 is 1.40 bits per heavy atom. The fraction of sp³-hybridized carbons (Fsp3) is 1.00. The topological polar surface area (TPSA) is 12.0 Å². The lowest BCUT2D eigenvalue weighted by molar-refractivity contribution is 0.348. The van der Waals surface area contributed by atoms with Crippen LogP contribution in [0.1, 0.15) is 130 Å². The van der Waals surface area contributed by atoms with E-state index in [1.54, 1.807) is 0 Å². The largest absolute Gasteiger partial charge is 0.312 e. The number of hydrogen-bond acceptors (Lipinski definition) is 1. The number of hydrogen-bond donors (Lipinski definition) is 1. The van der Waals surface area contributed by atoms with Crippen LogP contribution in [0.2, 0.25) is 0 Å². The lowest BCUT2D eigenvalue weighted by atomic mass is 9.95. The van der Waals surface area contributed by atoms with Crippen molar-refractivity contribution in [3.63, 3.8) is 0 Å². The summed E-state index contributed by atoms with van der Waals surface area (Å²) in [4.78, 5) is 0. The third-order valence-corrected chi connectivity index (χ3v) is 5.59. The van der Waals surface area contributed by atoms with Crippen molar-refractivity contribution in [2.45, 2.75) is 135 Å². The molecule has 0 aliphatic rings. The quantitative estimate of drug-likeness (QED) is 0.167. The molecule has 0 bridgehead atoms. The first-order chi connectivity index (χ1) is 12.1. The van der Waals surface area contributed by atoms with Crippen molar-refractivity contribution < 1.29 is 0 Å². The van der Waals surface area contributed by atoms with Gasteiger partial charge in [-0.25, -0.2) is 0 Å². The van der Waals surface area contributed by atoms with Crippen LogP contribution in [0.4, 0.5) is 0 Å². The average molecular weight is 374 g/mol. The summed E-state index contributed by atoms with van der Waals surface area (Å²) in [5.41, 5.74) is 0.280. The first-order valence-electron chi connectivity index (χ1n) is 11.4. The van der Waals surface area contributed by atoms with E-state index in [2.05, 4.69) is 26.1 Å². The Morgan fingerprint density at radius 1 is 0.600 bits per heavy atom. The molecule has 0 aromatic heterocycles. The van der Waals surface area contributed by atoms with Gasteiger partial charge in [-0.2, -0.15) is 0 Å². The van der Waals surface area contributed by atoms with Gasteiger partial charge in [0, 0.05) is 11.4 Å². The molecule has 0 radical (unpaired) electrons. The Hall–Kier alpha value is 0.250. The number of unbranched alkanes of at least 4 members (excludes halogenated alkanes) is 14. The Morgan fingerprint density at radius 2 is 1.00 bits per heavy atom. The van der Waals surface area contributed by atoms with Crippen LogP contribution in [-0.4, -0.2) is 18.0 Å². The van der Waals surface area contributed by atoms with Crippen LogP contribution in [0.25, 0.3) is 0 Å². The molecular weight excluding hydrogens is 326 g/mol. The van der Waals surface area contributed by atoms with Crippen LogP contribution in [0.5, 0.6) is 0 Å². The Balaban J connectivity index is 3.18. The molecule has 0 spiro atoms. The van der Waals surface area contributed by atoms with Crippen molar-refractivity contribution in [1.29, 1.82) is 0 Å². The molecule has 0 fully saturated rings. The lowest BCUT2D eigenvalue weighted by Gasteiger charge is -2.26. The van der Waals surface area contributed by atoms with Gasteiger partial charge in [-0.05, 0) is 33.2 Å². The fourth-order valence-corrected chi connectivity index (χ4v) is 3.65. The van der Waals surface area contributed by atoms with Gasteiger partial charge in [-0.1, -0.05) is 103 Å². The summed E-state index contributed by atoms with van der Waals surface area (Å²) in [5, 5.41) is 3.63. The third kappa shape index (κ3) is 20.4. The van der Waals surface area contributed by atoms with E-state index in [4.69, 9.17) is 11.6 Å². The normalized spacial score (nSPS) is 12.0. The van der Waals surface area contributed by atoms with Gasteiger partial charge in [0.25, 0.3) is 0 Å². The molecule has 0 aromatic rings. The maximum Gasteiger partial charge on any atom is 0.0235 e. The summed E-state index contributed by atoms with van der Waals surface area (Å²) in [6.45, 7) is 7.99. The summed E-state index contributed by atoms with van der Waals surface area (Å²) in [6.07, 6.45) is 24.0. The van der Waals surface area contributed by atoms with E-state index in [0.29, 0.717) is 0 Å². The van der Waals surface area contributed by atoms with Gasteiger partial charge in [0.1, 0.15) is 0 Å². The highest BCUT2D eigenvalue weighted by Gasteiger charge is 2.15. The second kappa shape index (κ2) is 19.0. The molecule has 0 aliphatic heterocycles. The fourth-order valence-electron chi connectivity index (χ4n) is 3.52. The van der Waals surface area contributed by atoms with Crippen molar-refractivity contribution in [2.75, 3.05) is 12.4 Å². The zero-order chi connectivity index (χ0) is 18.6. The molecule has 0 heterocycles. The molecule has 0 saturated carbocycles. The summed E-state index contributed by atoms with van der Waals surface area (Å²) < 4.78 is 0. The van der Waals surface area contributed by atoms with Crippen LogP contribution in [0.15, 0.2) is 0 Å². The van der Waals surface area contributed by atoms with Crippen LogP contribution < -0.4 is 5.32 Å². The van der Waals surface area contributed by atoms with Gasteiger partial charge in [-0.15, -0.1) is 11.6 Å². The maximum absolute atomic E-state index is 5.74. The minimum atomic E-state index is 0.280. The van der Waals surface area contributed by atoms with E-state index in [1.165, 1.54) is 103 Å². The van der Waals surface area contributed by atoms with E-state index in [0.717, 1.165) is 18.8 Å². The predicted octanol–water partition coefficient (Wildman–Crippen LogP) is 8.25. The number of alkyl halides is 1. The highest BCUT2D eigenvalue weighted by atomic mass is 35.5. The van der Waals surface area contributed by atoms with Crippen molar-refractivity contribution in [3.8, 4) is 0 Å². The Bertz CT molecular complexity index is 252. The molecule has 0 aliphatic carbocycles. The zero-order valence-corrected chi connectivity index (χ0v) is 18.6. The predicted molar refractivity (Wildman–Crippen MR) is 117 cm³/mol. The van der Waals surface area contributed by atoms with E-state index >= 15 is 0 Å².